The molecule has 34 heavy (non-hydrogen) atoms. The maximum absolute atomic E-state index is 13.4. The Labute approximate surface area is 205 Å². The largest absolute Gasteiger partial charge is 0.491 e. The summed E-state index contributed by atoms with van der Waals surface area (Å²) in [5.41, 5.74) is 1.06. The van der Waals surface area contributed by atoms with Gasteiger partial charge in [0.15, 0.2) is 0 Å². The van der Waals surface area contributed by atoms with Gasteiger partial charge in [-0.15, -0.1) is 11.3 Å². The molecule has 2 heterocycles. The Bertz CT molecular complexity index is 995. The van der Waals surface area contributed by atoms with Crippen LogP contribution in [-0.4, -0.2) is 72.6 Å². The number of aromatic nitrogens is 1. The van der Waals surface area contributed by atoms with Gasteiger partial charge >= 0.3 is 0 Å². The van der Waals surface area contributed by atoms with Gasteiger partial charge in [-0.3, -0.25) is 14.5 Å². The molecule has 0 saturated heterocycles. The van der Waals surface area contributed by atoms with Crippen LogP contribution in [0, 0.1) is 11.8 Å². The highest BCUT2D eigenvalue weighted by Gasteiger charge is 2.31. The third-order valence-electron chi connectivity index (χ3n) is 6.61. The lowest BCUT2D eigenvalue weighted by atomic mass is 10.0. The van der Waals surface area contributed by atoms with Crippen LogP contribution in [0.2, 0.25) is 0 Å². The van der Waals surface area contributed by atoms with Crippen LogP contribution in [0.3, 0.4) is 0 Å². The molecule has 1 aromatic carbocycles. The van der Waals surface area contributed by atoms with Gasteiger partial charge in [0.25, 0.3) is 5.91 Å². The first-order chi connectivity index (χ1) is 16.4. The third-order valence-corrected chi connectivity index (χ3v) is 7.38. The minimum absolute atomic E-state index is 0.00884. The molecule has 1 N–H and O–H groups in total. The molecule has 2 aliphatic rings. The highest BCUT2D eigenvalue weighted by atomic mass is 32.1. The van der Waals surface area contributed by atoms with Gasteiger partial charge in [-0.2, -0.15) is 0 Å². The number of rotatable bonds is 5. The molecule has 184 valence electrons. The number of nitrogens with zero attached hydrogens (tertiary/aromatic N) is 3. The van der Waals surface area contributed by atoms with Gasteiger partial charge in [0, 0.05) is 56.5 Å². The van der Waals surface area contributed by atoms with Crippen molar-refractivity contribution < 1.29 is 19.1 Å². The summed E-state index contributed by atoms with van der Waals surface area (Å²) < 4.78 is 12.0. The van der Waals surface area contributed by atoms with E-state index in [9.17, 15) is 9.59 Å². The number of amides is 2. The van der Waals surface area contributed by atoms with Crippen molar-refractivity contribution in [1.82, 2.24) is 14.8 Å². The van der Waals surface area contributed by atoms with Crippen LogP contribution < -0.4 is 10.1 Å². The predicted octanol–water partition coefficient (Wildman–Crippen LogP) is 3.50. The van der Waals surface area contributed by atoms with Gasteiger partial charge in [-0.05, 0) is 43.9 Å². The number of carbonyl (C=O) groups is 2. The second-order valence-electron chi connectivity index (χ2n) is 9.43. The number of fused-ring (bicyclic) bond motifs is 1. The predicted molar refractivity (Wildman–Crippen MR) is 132 cm³/mol. The number of nitrogens with one attached hydrogen (secondary N) is 1. The van der Waals surface area contributed by atoms with E-state index in [0.717, 1.165) is 30.9 Å². The summed E-state index contributed by atoms with van der Waals surface area (Å²) in [6, 6.07) is 5.40. The highest BCUT2D eigenvalue weighted by Crippen LogP contribution is 2.31. The first-order valence-corrected chi connectivity index (χ1v) is 12.7. The summed E-state index contributed by atoms with van der Waals surface area (Å²) in [6.07, 6.45) is 3.55. The van der Waals surface area contributed by atoms with Crippen LogP contribution >= 0.6 is 11.3 Å². The number of hydrogen-bond acceptors (Lipinski definition) is 7. The minimum atomic E-state index is -0.153. The molecule has 1 fully saturated rings. The van der Waals surface area contributed by atoms with Crippen LogP contribution in [-0.2, 0) is 16.1 Å². The SMILES string of the molecule is CO[C@@H]1CN(C)C(=O)c2cc(NC(=O)C3CC3)ccc2OC[C@H](C)N(Cc2nccs2)C[C@H]1C. The average Bonchev–Trinajstić information content (AvgIpc) is 3.56. The number of carbonyl (C=O) groups excluding carboxylic acids is 2. The molecule has 2 aromatic rings. The molecule has 0 unspecified atom stereocenters. The summed E-state index contributed by atoms with van der Waals surface area (Å²) in [6.45, 7) is 6.69. The second-order valence-corrected chi connectivity index (χ2v) is 10.4. The molecule has 9 heteroatoms. The van der Waals surface area contributed by atoms with E-state index in [1.165, 1.54) is 0 Å². The minimum Gasteiger partial charge on any atom is -0.491 e. The van der Waals surface area contributed by atoms with E-state index < -0.39 is 0 Å². The van der Waals surface area contributed by atoms with Crippen LogP contribution in [0.5, 0.6) is 5.75 Å². The fourth-order valence-electron chi connectivity index (χ4n) is 4.24. The van der Waals surface area contributed by atoms with Crippen molar-refractivity contribution in [2.75, 3.05) is 39.2 Å². The Balaban J connectivity index is 1.61. The first-order valence-electron chi connectivity index (χ1n) is 11.8. The number of likely N-dealkylation sites (N-methyl/N-ethyl adjacent to an activating group) is 1. The van der Waals surface area contributed by atoms with Gasteiger partial charge in [-0.1, -0.05) is 6.92 Å². The Kier molecular flexibility index (Phi) is 7.85. The van der Waals surface area contributed by atoms with Crippen LogP contribution in [0.25, 0.3) is 0 Å². The molecular weight excluding hydrogens is 452 g/mol. The summed E-state index contributed by atoms with van der Waals surface area (Å²) in [5.74, 6) is 0.647. The maximum atomic E-state index is 13.4. The monoisotopic (exact) mass is 486 g/mol. The number of benzene rings is 1. The van der Waals surface area contributed by atoms with Crippen molar-refractivity contribution >= 4 is 28.8 Å². The number of ether oxygens (including phenoxy) is 2. The Morgan fingerprint density at radius 3 is 2.76 bits per heavy atom. The normalized spacial score (nSPS) is 24.5. The molecule has 1 saturated carbocycles. The van der Waals surface area contributed by atoms with Gasteiger partial charge < -0.3 is 19.7 Å². The maximum Gasteiger partial charge on any atom is 0.257 e. The smallest absolute Gasteiger partial charge is 0.257 e. The average molecular weight is 487 g/mol. The highest BCUT2D eigenvalue weighted by molar-refractivity contribution is 7.09. The topological polar surface area (TPSA) is 84.0 Å². The zero-order valence-corrected chi connectivity index (χ0v) is 21.1. The molecule has 1 aliphatic heterocycles. The van der Waals surface area contributed by atoms with Gasteiger partial charge in [0.05, 0.1) is 18.2 Å². The number of hydrogen-bond donors (Lipinski definition) is 1. The molecule has 3 atom stereocenters. The molecule has 8 nitrogen and oxygen atoms in total. The molecule has 0 radical (unpaired) electrons. The number of thiazole rings is 1. The van der Waals surface area contributed by atoms with Gasteiger partial charge in [0.2, 0.25) is 5.91 Å². The fourth-order valence-corrected chi connectivity index (χ4v) is 4.89. The van der Waals surface area contributed by atoms with Crippen molar-refractivity contribution in [3.05, 3.63) is 40.3 Å². The Morgan fingerprint density at radius 2 is 2.09 bits per heavy atom. The standard InChI is InChI=1S/C25H34N4O4S/c1-16-12-29(14-23-26-9-10-34-23)17(2)15-33-21-8-7-19(27-24(30)18-5-6-18)11-20(21)25(31)28(3)13-22(16)32-4/h7-11,16-18,22H,5-6,12-15H2,1-4H3,(H,27,30)/t16-,17+,22-/m1/s1. The molecule has 0 bridgehead atoms. The zero-order valence-electron chi connectivity index (χ0n) is 20.3. The number of anilines is 1. The zero-order chi connectivity index (χ0) is 24.2. The summed E-state index contributed by atoms with van der Waals surface area (Å²) >= 11 is 1.64. The van der Waals surface area contributed by atoms with Crippen molar-refractivity contribution in [2.24, 2.45) is 11.8 Å². The molecule has 2 amide bonds. The Morgan fingerprint density at radius 1 is 1.29 bits per heavy atom. The van der Waals surface area contributed by atoms with Crippen LogP contribution in [0.1, 0.15) is 42.1 Å². The van der Waals surface area contributed by atoms with Crippen molar-refractivity contribution in [3.8, 4) is 5.75 Å². The lowest BCUT2D eigenvalue weighted by Crippen LogP contribution is -2.46. The van der Waals surface area contributed by atoms with E-state index >= 15 is 0 Å². The van der Waals surface area contributed by atoms with E-state index in [-0.39, 0.29) is 35.8 Å². The van der Waals surface area contributed by atoms with Crippen LogP contribution in [0.4, 0.5) is 5.69 Å². The Hall–Kier alpha value is -2.49. The van der Waals surface area contributed by atoms with Gasteiger partial charge in [0.1, 0.15) is 17.4 Å². The lowest BCUT2D eigenvalue weighted by Gasteiger charge is -2.35. The van der Waals surface area contributed by atoms with E-state index in [1.54, 1.807) is 48.6 Å². The molecule has 1 aliphatic carbocycles. The van der Waals surface area contributed by atoms with Crippen molar-refractivity contribution in [2.45, 2.75) is 45.4 Å². The summed E-state index contributed by atoms with van der Waals surface area (Å²) in [5, 5.41) is 5.99. The third kappa shape index (κ3) is 5.95. The quantitative estimate of drug-likeness (QED) is 0.697. The summed E-state index contributed by atoms with van der Waals surface area (Å²) in [4.78, 5) is 34.2. The summed E-state index contributed by atoms with van der Waals surface area (Å²) in [7, 11) is 3.48. The van der Waals surface area contributed by atoms with Gasteiger partial charge in [-0.25, -0.2) is 4.98 Å². The lowest BCUT2D eigenvalue weighted by molar-refractivity contribution is -0.117. The van der Waals surface area contributed by atoms with E-state index in [4.69, 9.17) is 9.47 Å². The first kappa shape index (κ1) is 24.6. The second kappa shape index (κ2) is 10.8. The number of methoxy groups -OCH3 is 1. The molecule has 4 rings (SSSR count). The van der Waals surface area contributed by atoms with E-state index in [1.807, 2.05) is 11.6 Å². The molecule has 0 spiro atoms. The molecule has 1 aromatic heterocycles. The van der Waals surface area contributed by atoms with Crippen molar-refractivity contribution in [1.29, 1.82) is 0 Å². The van der Waals surface area contributed by atoms with E-state index in [2.05, 4.69) is 29.0 Å². The van der Waals surface area contributed by atoms with E-state index in [0.29, 0.717) is 30.2 Å². The van der Waals surface area contributed by atoms with Crippen LogP contribution in [0.15, 0.2) is 29.8 Å². The fraction of sp³-hybridized carbons (Fsp3) is 0.560. The van der Waals surface area contributed by atoms with Crippen molar-refractivity contribution in [3.63, 3.8) is 0 Å². The molecular formula is C25H34N4O4S.